The molecule has 0 saturated carbocycles. The van der Waals surface area contributed by atoms with Gasteiger partial charge in [-0.15, -0.1) is 0 Å². The number of anilines is 1. The van der Waals surface area contributed by atoms with Gasteiger partial charge in [0.25, 0.3) is 11.1 Å². The van der Waals surface area contributed by atoms with Crippen LogP contribution in [0.1, 0.15) is 24.0 Å². The zero-order chi connectivity index (χ0) is 24.2. The van der Waals surface area contributed by atoms with Crippen molar-refractivity contribution in [1.29, 1.82) is 0 Å². The zero-order valence-electron chi connectivity index (χ0n) is 18.9. The summed E-state index contributed by atoms with van der Waals surface area (Å²) >= 11 is 0.882. The van der Waals surface area contributed by atoms with Gasteiger partial charge in [0.15, 0.2) is 0 Å². The maximum atomic E-state index is 11.7. The Morgan fingerprint density at radius 1 is 1.03 bits per heavy atom. The van der Waals surface area contributed by atoms with Crippen LogP contribution in [0.25, 0.3) is 6.08 Å². The molecule has 0 atom stereocenters. The highest BCUT2D eigenvalue weighted by molar-refractivity contribution is 8.18. The first-order valence-corrected chi connectivity index (χ1v) is 11.9. The molecule has 0 bridgehead atoms. The number of nitrogens with one attached hydrogen (secondary N) is 1. The molecule has 0 unspecified atom stereocenters. The first-order chi connectivity index (χ1) is 17.0. The number of imide groups is 1. The molecule has 0 spiro atoms. The van der Waals surface area contributed by atoms with Crippen molar-refractivity contribution >= 4 is 34.9 Å². The first kappa shape index (κ1) is 22.8. The number of rotatable bonds is 6. The van der Waals surface area contributed by atoms with Crippen LogP contribution in [0, 0.1) is 6.92 Å². The molecule has 178 valence electrons. The number of benzene rings is 1. The Morgan fingerprint density at radius 3 is 2.43 bits per heavy atom. The van der Waals surface area contributed by atoms with E-state index in [-0.39, 0.29) is 17.3 Å². The third-order valence-electron chi connectivity index (χ3n) is 5.58. The van der Waals surface area contributed by atoms with E-state index in [2.05, 4.69) is 30.2 Å². The molecule has 2 aromatic heterocycles. The minimum atomic E-state index is -0.386. The summed E-state index contributed by atoms with van der Waals surface area (Å²) in [5, 5.41) is 1.87. The van der Waals surface area contributed by atoms with Crippen LogP contribution >= 0.6 is 11.8 Å². The molecule has 2 fully saturated rings. The molecule has 1 N–H and O–H groups in total. The fourth-order valence-corrected chi connectivity index (χ4v) is 4.42. The number of carbonyl (C=O) groups excluding carboxylic acids is 2. The lowest BCUT2D eigenvalue weighted by molar-refractivity contribution is -0.115. The Morgan fingerprint density at radius 2 is 1.74 bits per heavy atom. The van der Waals surface area contributed by atoms with Gasteiger partial charge in [-0.2, -0.15) is 0 Å². The molecule has 2 amide bonds. The normalized spacial score (nSPS) is 17.5. The molecule has 0 aliphatic carbocycles. The van der Waals surface area contributed by atoms with Crippen LogP contribution in [0.5, 0.6) is 17.5 Å². The highest BCUT2D eigenvalue weighted by atomic mass is 32.2. The van der Waals surface area contributed by atoms with E-state index in [0.29, 0.717) is 28.0 Å². The van der Waals surface area contributed by atoms with Crippen LogP contribution in [-0.2, 0) is 4.79 Å². The predicted molar refractivity (Wildman–Crippen MR) is 130 cm³/mol. The number of aromatic nitrogens is 4. The van der Waals surface area contributed by atoms with E-state index in [1.807, 2.05) is 13.0 Å². The van der Waals surface area contributed by atoms with Crippen molar-refractivity contribution in [3.63, 3.8) is 0 Å². The molecule has 0 radical (unpaired) electrons. The van der Waals surface area contributed by atoms with Gasteiger partial charge in [-0.25, -0.2) is 19.9 Å². The number of ether oxygens (including phenoxy) is 2. The Labute approximate surface area is 205 Å². The van der Waals surface area contributed by atoms with Crippen molar-refractivity contribution in [3.05, 3.63) is 65.1 Å². The molecule has 35 heavy (non-hydrogen) atoms. The lowest BCUT2D eigenvalue weighted by Crippen LogP contribution is -2.39. The predicted octanol–water partition coefficient (Wildman–Crippen LogP) is 3.74. The van der Waals surface area contributed by atoms with Crippen LogP contribution in [-0.4, -0.2) is 50.3 Å². The third-order valence-corrected chi connectivity index (χ3v) is 6.39. The second-order valence-electron chi connectivity index (χ2n) is 7.99. The number of carbonyl (C=O) groups is 2. The number of hydrogen-bond acceptors (Lipinski definition) is 10. The standard InChI is InChI=1S/C24H22N6O4S/c1-15-21(33-17-5-3-16(4-6-17)13-19-20(31)29-24(32)35-19)27-14-28-22(15)34-18-7-11-30(12-8-18)23-25-9-2-10-26-23/h2-6,9-10,13-14,18H,7-8,11-12H2,1H3,(H,29,31,32). The molecule has 4 heterocycles. The van der Waals surface area contributed by atoms with Crippen LogP contribution in [0.2, 0.25) is 0 Å². The molecule has 2 saturated heterocycles. The van der Waals surface area contributed by atoms with E-state index in [1.54, 1.807) is 42.7 Å². The fraction of sp³-hybridized carbons (Fsp3) is 0.250. The first-order valence-electron chi connectivity index (χ1n) is 11.1. The second-order valence-corrected chi connectivity index (χ2v) is 9.00. The SMILES string of the molecule is Cc1c(Oc2ccc(C=C3SC(=O)NC3=O)cc2)ncnc1OC1CCN(c2ncccn2)CC1. The maximum Gasteiger partial charge on any atom is 0.290 e. The monoisotopic (exact) mass is 490 g/mol. The van der Waals surface area contributed by atoms with E-state index >= 15 is 0 Å². The van der Waals surface area contributed by atoms with Gasteiger partial charge < -0.3 is 14.4 Å². The van der Waals surface area contributed by atoms with E-state index in [0.717, 1.165) is 49.2 Å². The quantitative estimate of drug-likeness (QED) is 0.512. The highest BCUT2D eigenvalue weighted by Gasteiger charge is 2.25. The summed E-state index contributed by atoms with van der Waals surface area (Å²) in [5.74, 6) is 1.84. The zero-order valence-corrected chi connectivity index (χ0v) is 19.7. The largest absolute Gasteiger partial charge is 0.474 e. The second kappa shape index (κ2) is 10.1. The summed E-state index contributed by atoms with van der Waals surface area (Å²) in [7, 11) is 0. The molecule has 1 aromatic carbocycles. The topological polar surface area (TPSA) is 119 Å². The molecule has 2 aliphatic heterocycles. The van der Waals surface area contributed by atoms with Gasteiger partial charge in [0, 0.05) is 38.3 Å². The van der Waals surface area contributed by atoms with Crippen molar-refractivity contribution in [2.45, 2.75) is 25.9 Å². The van der Waals surface area contributed by atoms with E-state index in [1.165, 1.54) is 6.33 Å². The van der Waals surface area contributed by atoms with Gasteiger partial charge in [0.2, 0.25) is 17.7 Å². The van der Waals surface area contributed by atoms with Gasteiger partial charge in [0.1, 0.15) is 18.2 Å². The summed E-state index contributed by atoms with van der Waals surface area (Å²) in [6.45, 7) is 3.47. The lowest BCUT2D eigenvalue weighted by Gasteiger charge is -2.32. The molecule has 5 rings (SSSR count). The summed E-state index contributed by atoms with van der Waals surface area (Å²) < 4.78 is 12.1. The van der Waals surface area contributed by atoms with Gasteiger partial charge >= 0.3 is 0 Å². The Bertz CT molecular complexity index is 1260. The average Bonchev–Trinajstić information content (AvgIpc) is 3.20. The van der Waals surface area contributed by atoms with Crippen molar-refractivity contribution in [3.8, 4) is 17.5 Å². The smallest absolute Gasteiger partial charge is 0.290 e. The van der Waals surface area contributed by atoms with Gasteiger partial charge in [-0.05, 0) is 48.5 Å². The van der Waals surface area contributed by atoms with Crippen molar-refractivity contribution < 1.29 is 19.1 Å². The van der Waals surface area contributed by atoms with Gasteiger partial charge in [-0.3, -0.25) is 14.9 Å². The summed E-state index contributed by atoms with van der Waals surface area (Å²) in [6, 6.07) is 8.96. The van der Waals surface area contributed by atoms with Crippen LogP contribution in [0.15, 0.2) is 54.0 Å². The van der Waals surface area contributed by atoms with Crippen LogP contribution in [0.4, 0.5) is 10.7 Å². The minimum absolute atomic E-state index is 0.0290. The van der Waals surface area contributed by atoms with Crippen molar-refractivity contribution in [2.75, 3.05) is 18.0 Å². The van der Waals surface area contributed by atoms with E-state index in [9.17, 15) is 9.59 Å². The lowest BCUT2D eigenvalue weighted by atomic mass is 10.1. The number of nitrogens with zero attached hydrogens (tertiary/aromatic N) is 5. The molecule has 11 heteroatoms. The highest BCUT2D eigenvalue weighted by Crippen LogP contribution is 2.30. The number of thioether (sulfide) groups is 1. The summed E-state index contributed by atoms with van der Waals surface area (Å²) in [6.07, 6.45) is 8.27. The summed E-state index contributed by atoms with van der Waals surface area (Å²) in [4.78, 5) is 42.7. The van der Waals surface area contributed by atoms with E-state index in [4.69, 9.17) is 9.47 Å². The average molecular weight is 491 g/mol. The Kier molecular flexibility index (Phi) is 6.57. The van der Waals surface area contributed by atoms with Crippen molar-refractivity contribution in [1.82, 2.24) is 25.3 Å². The summed E-state index contributed by atoms with van der Waals surface area (Å²) in [5.41, 5.74) is 1.49. The Balaban J connectivity index is 1.21. The van der Waals surface area contributed by atoms with Crippen molar-refractivity contribution in [2.24, 2.45) is 0 Å². The van der Waals surface area contributed by atoms with Gasteiger partial charge in [-0.1, -0.05) is 12.1 Å². The number of amides is 2. The minimum Gasteiger partial charge on any atom is -0.474 e. The van der Waals surface area contributed by atoms with E-state index < -0.39 is 0 Å². The molecular formula is C24H22N6O4S. The third kappa shape index (κ3) is 5.40. The molecule has 2 aliphatic rings. The van der Waals surface area contributed by atoms with Crippen LogP contribution < -0.4 is 19.7 Å². The number of piperidine rings is 1. The Hall–Kier alpha value is -3.99. The molecular weight excluding hydrogens is 468 g/mol. The van der Waals surface area contributed by atoms with Gasteiger partial charge in [0.05, 0.1) is 10.5 Å². The maximum absolute atomic E-state index is 11.7. The molecule has 10 nitrogen and oxygen atoms in total. The molecule has 3 aromatic rings. The fourth-order valence-electron chi connectivity index (χ4n) is 3.74. The van der Waals surface area contributed by atoms with Crippen LogP contribution in [0.3, 0.4) is 0 Å². The number of hydrogen-bond donors (Lipinski definition) is 1.